The molecule has 1 N–H and O–H groups in total. The molecule has 1 aromatic heterocycles. The minimum absolute atomic E-state index is 0.0669. The molecule has 0 aliphatic rings. The van der Waals surface area contributed by atoms with Crippen LogP contribution in [0.3, 0.4) is 0 Å². The van der Waals surface area contributed by atoms with Crippen LogP contribution < -0.4 is 9.46 Å². The number of carbonyl (C=O) groups is 1. The van der Waals surface area contributed by atoms with E-state index in [0.29, 0.717) is 6.54 Å². The first-order chi connectivity index (χ1) is 14.5. The molecule has 8 heteroatoms. The Morgan fingerprint density at radius 2 is 1.90 bits per heavy atom. The maximum absolute atomic E-state index is 13.0. The number of amides is 1. The molecule has 1 amide bonds. The van der Waals surface area contributed by atoms with Gasteiger partial charge < -0.3 is 4.74 Å². The van der Waals surface area contributed by atoms with Gasteiger partial charge in [-0.3, -0.25) is 9.48 Å². The first-order valence-corrected chi connectivity index (χ1v) is 11.3. The van der Waals surface area contributed by atoms with Crippen LogP contribution in [0.15, 0.2) is 59.8 Å². The van der Waals surface area contributed by atoms with Gasteiger partial charge in [0.05, 0.1) is 13.7 Å². The Hall–Kier alpha value is -3.13. The highest BCUT2D eigenvalue weighted by Gasteiger charge is 2.26. The molecule has 0 saturated carbocycles. The average Bonchev–Trinajstić information content (AvgIpc) is 3.21. The predicted octanol–water partition coefficient (Wildman–Crippen LogP) is 3.66. The fourth-order valence-electron chi connectivity index (χ4n) is 3.17. The van der Waals surface area contributed by atoms with E-state index >= 15 is 0 Å². The van der Waals surface area contributed by atoms with Gasteiger partial charge >= 0.3 is 0 Å². The molecular weight excluding hydrogens is 414 g/mol. The van der Waals surface area contributed by atoms with Crippen LogP contribution in [0.1, 0.15) is 47.8 Å². The van der Waals surface area contributed by atoms with Gasteiger partial charge in [-0.15, -0.1) is 0 Å². The zero-order chi connectivity index (χ0) is 22.8. The summed E-state index contributed by atoms with van der Waals surface area (Å²) in [6, 6.07) is 11.9. The third kappa shape index (κ3) is 5.14. The van der Waals surface area contributed by atoms with E-state index in [0.717, 1.165) is 16.7 Å². The number of nitrogens with zero attached hydrogens (tertiary/aromatic N) is 2. The zero-order valence-corrected chi connectivity index (χ0v) is 19.2. The largest absolute Gasteiger partial charge is 0.495 e. The van der Waals surface area contributed by atoms with Gasteiger partial charge in [0.2, 0.25) is 0 Å². The van der Waals surface area contributed by atoms with E-state index in [1.807, 2.05) is 46.0 Å². The van der Waals surface area contributed by atoms with E-state index in [1.54, 1.807) is 41.2 Å². The van der Waals surface area contributed by atoms with Crippen molar-refractivity contribution in [1.82, 2.24) is 14.5 Å². The van der Waals surface area contributed by atoms with E-state index in [-0.39, 0.29) is 21.6 Å². The summed E-state index contributed by atoms with van der Waals surface area (Å²) in [4.78, 5) is 12.7. The van der Waals surface area contributed by atoms with E-state index in [4.69, 9.17) is 4.74 Å². The number of methoxy groups -OCH3 is 1. The lowest BCUT2D eigenvalue weighted by atomic mass is 9.87. The van der Waals surface area contributed by atoms with E-state index in [1.165, 1.54) is 7.11 Å². The Labute approximate surface area is 183 Å². The van der Waals surface area contributed by atoms with Gasteiger partial charge in [0.15, 0.2) is 0 Å². The quantitative estimate of drug-likeness (QED) is 0.630. The molecule has 0 radical (unpaired) electrons. The lowest BCUT2D eigenvalue weighted by Gasteiger charge is -2.21. The van der Waals surface area contributed by atoms with Crippen LogP contribution in [0.2, 0.25) is 0 Å². The third-order valence-corrected chi connectivity index (χ3v) is 6.39. The predicted molar refractivity (Wildman–Crippen MR) is 119 cm³/mol. The monoisotopic (exact) mass is 441 g/mol. The zero-order valence-electron chi connectivity index (χ0n) is 18.3. The van der Waals surface area contributed by atoms with Crippen molar-refractivity contribution >= 4 is 15.9 Å². The van der Waals surface area contributed by atoms with Crippen LogP contribution in [0, 0.1) is 6.92 Å². The smallest absolute Gasteiger partial charge is 0.268 e. The maximum Gasteiger partial charge on any atom is 0.268 e. The standard InChI is InChI=1S/C23H27N3O4S/c1-16-13-17(7-8-18(16)15-26-12-6-11-24-26)22(27)25-31(28,29)21-14-19(23(2,3)4)9-10-20(21)30-5/h6-14H,15H2,1-5H3,(H,25,27). The average molecular weight is 442 g/mol. The van der Waals surface area contributed by atoms with E-state index in [9.17, 15) is 13.2 Å². The number of sulfonamides is 1. The molecule has 7 nitrogen and oxygen atoms in total. The summed E-state index contributed by atoms with van der Waals surface area (Å²) in [6.07, 6.45) is 3.55. The molecule has 1 heterocycles. The fourth-order valence-corrected chi connectivity index (χ4v) is 4.34. The summed E-state index contributed by atoms with van der Waals surface area (Å²) in [6.45, 7) is 8.39. The molecule has 2 aromatic carbocycles. The number of carbonyl (C=O) groups excluding carboxylic acids is 1. The van der Waals surface area contributed by atoms with Crippen molar-refractivity contribution in [2.45, 2.75) is 44.6 Å². The molecule has 31 heavy (non-hydrogen) atoms. The Balaban J connectivity index is 1.86. The van der Waals surface area contributed by atoms with Crippen molar-refractivity contribution in [2.24, 2.45) is 0 Å². The molecule has 3 rings (SSSR count). The van der Waals surface area contributed by atoms with Crippen molar-refractivity contribution in [1.29, 1.82) is 0 Å². The van der Waals surface area contributed by atoms with Crippen molar-refractivity contribution in [3.8, 4) is 5.75 Å². The summed E-state index contributed by atoms with van der Waals surface area (Å²) < 4.78 is 35.2. The lowest BCUT2D eigenvalue weighted by molar-refractivity contribution is 0.0981. The van der Waals surface area contributed by atoms with Crippen LogP contribution >= 0.6 is 0 Å². The molecule has 0 saturated heterocycles. The van der Waals surface area contributed by atoms with Crippen molar-refractivity contribution in [3.05, 3.63) is 77.1 Å². The van der Waals surface area contributed by atoms with E-state index in [2.05, 4.69) is 9.82 Å². The van der Waals surface area contributed by atoms with Crippen LogP contribution in [0.4, 0.5) is 0 Å². The molecular formula is C23H27N3O4S. The molecule has 0 bridgehead atoms. The summed E-state index contributed by atoms with van der Waals surface area (Å²) in [5, 5.41) is 4.18. The first-order valence-electron chi connectivity index (χ1n) is 9.84. The summed E-state index contributed by atoms with van der Waals surface area (Å²) in [5.41, 5.74) is 2.67. The lowest BCUT2D eigenvalue weighted by Crippen LogP contribution is -2.31. The number of ether oxygens (including phenoxy) is 1. The van der Waals surface area contributed by atoms with Crippen LogP contribution in [-0.4, -0.2) is 31.2 Å². The minimum Gasteiger partial charge on any atom is -0.495 e. The highest BCUT2D eigenvalue weighted by Crippen LogP contribution is 2.30. The van der Waals surface area contributed by atoms with Crippen molar-refractivity contribution in [3.63, 3.8) is 0 Å². The van der Waals surface area contributed by atoms with Gasteiger partial charge in [0.25, 0.3) is 15.9 Å². The molecule has 0 unspecified atom stereocenters. The van der Waals surface area contributed by atoms with Crippen molar-refractivity contribution < 1.29 is 17.9 Å². The molecule has 0 atom stereocenters. The highest BCUT2D eigenvalue weighted by atomic mass is 32.2. The maximum atomic E-state index is 13.0. The molecule has 164 valence electrons. The van der Waals surface area contributed by atoms with Crippen molar-refractivity contribution in [2.75, 3.05) is 7.11 Å². The van der Waals surface area contributed by atoms with Crippen LogP contribution in [-0.2, 0) is 22.0 Å². The molecule has 3 aromatic rings. The van der Waals surface area contributed by atoms with Gasteiger partial charge in [0.1, 0.15) is 10.6 Å². The number of hydrogen-bond donors (Lipinski definition) is 1. The second kappa shape index (κ2) is 8.55. The normalized spacial score (nSPS) is 11.9. The highest BCUT2D eigenvalue weighted by molar-refractivity contribution is 7.90. The SMILES string of the molecule is COc1ccc(C(C)(C)C)cc1S(=O)(=O)NC(=O)c1ccc(Cn2cccn2)c(C)c1. The summed E-state index contributed by atoms with van der Waals surface area (Å²) in [7, 11) is -2.74. The number of hydrogen-bond acceptors (Lipinski definition) is 5. The van der Waals surface area contributed by atoms with Gasteiger partial charge in [-0.25, -0.2) is 13.1 Å². The Morgan fingerprint density at radius 3 is 2.48 bits per heavy atom. The Bertz CT molecular complexity index is 1190. The topological polar surface area (TPSA) is 90.3 Å². The second-order valence-corrected chi connectivity index (χ2v) is 10.0. The van der Waals surface area contributed by atoms with Gasteiger partial charge in [-0.1, -0.05) is 32.9 Å². The Morgan fingerprint density at radius 1 is 1.16 bits per heavy atom. The van der Waals surface area contributed by atoms with Gasteiger partial charge in [-0.05, 0) is 59.4 Å². The van der Waals surface area contributed by atoms with Gasteiger partial charge in [-0.2, -0.15) is 5.10 Å². The van der Waals surface area contributed by atoms with Crippen LogP contribution in [0.5, 0.6) is 5.75 Å². The molecule has 0 aliphatic heterocycles. The first kappa shape index (κ1) is 22.6. The number of benzene rings is 2. The minimum atomic E-state index is -4.14. The molecule has 0 aliphatic carbocycles. The fraction of sp³-hybridized carbons (Fsp3) is 0.304. The van der Waals surface area contributed by atoms with Crippen LogP contribution in [0.25, 0.3) is 0 Å². The molecule has 0 spiro atoms. The molecule has 0 fully saturated rings. The number of rotatable bonds is 6. The van der Waals surface area contributed by atoms with Gasteiger partial charge in [0, 0.05) is 18.0 Å². The number of nitrogens with one attached hydrogen (secondary N) is 1. The second-order valence-electron chi connectivity index (χ2n) is 8.40. The van der Waals surface area contributed by atoms with E-state index < -0.39 is 15.9 Å². The summed E-state index contributed by atoms with van der Waals surface area (Å²) in [5.74, 6) is -0.518. The third-order valence-electron chi connectivity index (χ3n) is 5.04. The number of aromatic nitrogens is 2. The Kier molecular flexibility index (Phi) is 6.22. The number of aryl methyl sites for hydroxylation is 1. The summed E-state index contributed by atoms with van der Waals surface area (Å²) >= 11 is 0.